The van der Waals surface area contributed by atoms with E-state index in [1.807, 2.05) is 38.1 Å². The minimum atomic E-state index is -0.881. The number of ketones is 1. The highest BCUT2D eigenvalue weighted by atomic mass is 35.5. The fourth-order valence-electron chi connectivity index (χ4n) is 4.87. The Bertz CT molecular complexity index is 1610. The SMILES string of the molecule is Cc1ccc2nc(N3C(=O)C(=O)C(=C(O)c4ccc5c(c4)C[C@@H](C)O5)[C@H]3c3cccc(Cl)c3)sc2c1. The quantitative estimate of drug-likeness (QED) is 0.199. The average Bonchev–Trinajstić information content (AvgIpc) is 3.50. The number of aliphatic hydroxyl groups excluding tert-OH is 1. The molecule has 3 aromatic carbocycles. The second kappa shape index (κ2) is 8.47. The van der Waals surface area contributed by atoms with Gasteiger partial charge in [0.25, 0.3) is 5.78 Å². The predicted molar refractivity (Wildman–Crippen MR) is 141 cm³/mol. The van der Waals surface area contributed by atoms with Gasteiger partial charge in [0.05, 0.1) is 21.8 Å². The number of carbonyl (C=O) groups excluding carboxylic acids is 2. The van der Waals surface area contributed by atoms with Crippen LogP contribution in [0.5, 0.6) is 5.75 Å². The van der Waals surface area contributed by atoms with Crippen LogP contribution in [0.15, 0.2) is 66.2 Å². The van der Waals surface area contributed by atoms with E-state index in [-0.39, 0.29) is 17.4 Å². The molecular weight excluding hydrogens is 496 g/mol. The van der Waals surface area contributed by atoms with E-state index in [4.69, 9.17) is 16.3 Å². The van der Waals surface area contributed by atoms with E-state index in [1.54, 1.807) is 36.4 Å². The summed E-state index contributed by atoms with van der Waals surface area (Å²) in [6, 6.07) is 17.2. The Kier molecular flexibility index (Phi) is 5.35. The summed E-state index contributed by atoms with van der Waals surface area (Å²) in [5.74, 6) is -0.982. The molecule has 3 heterocycles. The van der Waals surface area contributed by atoms with E-state index in [2.05, 4.69) is 4.98 Å². The topological polar surface area (TPSA) is 79.7 Å². The molecule has 1 saturated heterocycles. The van der Waals surface area contributed by atoms with Crippen LogP contribution in [0.4, 0.5) is 5.13 Å². The maximum atomic E-state index is 13.4. The molecule has 0 unspecified atom stereocenters. The van der Waals surface area contributed by atoms with Crippen molar-refractivity contribution in [2.75, 3.05) is 4.90 Å². The number of Topliss-reactive ketones (excluding diaryl/α,β-unsaturated/α-hetero) is 1. The minimum absolute atomic E-state index is 0.00428. The average molecular weight is 517 g/mol. The number of hydrogen-bond acceptors (Lipinski definition) is 6. The lowest BCUT2D eigenvalue weighted by molar-refractivity contribution is -0.132. The summed E-state index contributed by atoms with van der Waals surface area (Å²) in [5, 5.41) is 12.3. The van der Waals surface area contributed by atoms with E-state index in [9.17, 15) is 14.7 Å². The molecule has 0 saturated carbocycles. The molecule has 1 fully saturated rings. The van der Waals surface area contributed by atoms with Crippen molar-refractivity contribution in [1.82, 2.24) is 4.98 Å². The Morgan fingerprint density at radius 2 is 1.97 bits per heavy atom. The summed E-state index contributed by atoms with van der Waals surface area (Å²) < 4.78 is 6.68. The van der Waals surface area contributed by atoms with Crippen molar-refractivity contribution in [2.45, 2.75) is 32.4 Å². The van der Waals surface area contributed by atoms with Crippen LogP contribution in [0, 0.1) is 6.92 Å². The number of benzene rings is 3. The molecule has 8 heteroatoms. The first-order chi connectivity index (χ1) is 17.3. The van der Waals surface area contributed by atoms with Crippen molar-refractivity contribution in [3.8, 4) is 5.75 Å². The lowest BCUT2D eigenvalue weighted by Gasteiger charge is -2.23. The van der Waals surface area contributed by atoms with Crippen molar-refractivity contribution in [3.63, 3.8) is 0 Å². The largest absolute Gasteiger partial charge is 0.507 e. The highest BCUT2D eigenvalue weighted by Crippen LogP contribution is 2.45. The predicted octanol–water partition coefficient (Wildman–Crippen LogP) is 6.21. The van der Waals surface area contributed by atoms with Crippen LogP contribution in [-0.4, -0.2) is 27.9 Å². The van der Waals surface area contributed by atoms with Crippen LogP contribution in [0.25, 0.3) is 16.0 Å². The van der Waals surface area contributed by atoms with Crippen LogP contribution >= 0.6 is 22.9 Å². The molecule has 1 amide bonds. The number of hydrogen-bond donors (Lipinski definition) is 1. The van der Waals surface area contributed by atoms with Gasteiger partial charge < -0.3 is 9.84 Å². The number of fused-ring (bicyclic) bond motifs is 2. The van der Waals surface area contributed by atoms with Crippen molar-refractivity contribution in [2.24, 2.45) is 0 Å². The Labute approximate surface area is 216 Å². The molecule has 6 nitrogen and oxygen atoms in total. The molecule has 6 rings (SSSR count). The van der Waals surface area contributed by atoms with E-state index in [0.717, 1.165) is 27.1 Å². The van der Waals surface area contributed by atoms with Crippen LogP contribution < -0.4 is 9.64 Å². The first-order valence-corrected chi connectivity index (χ1v) is 12.7. The zero-order chi connectivity index (χ0) is 25.1. The monoisotopic (exact) mass is 516 g/mol. The van der Waals surface area contributed by atoms with Crippen molar-refractivity contribution < 1.29 is 19.4 Å². The third-order valence-corrected chi connectivity index (χ3v) is 7.77. The van der Waals surface area contributed by atoms with Gasteiger partial charge in [0.1, 0.15) is 17.6 Å². The normalized spacial score (nSPS) is 20.7. The highest BCUT2D eigenvalue weighted by molar-refractivity contribution is 7.22. The molecule has 180 valence electrons. The van der Waals surface area contributed by atoms with Crippen molar-refractivity contribution in [1.29, 1.82) is 0 Å². The van der Waals surface area contributed by atoms with Gasteiger partial charge in [0.15, 0.2) is 5.13 Å². The van der Waals surface area contributed by atoms with Crippen LogP contribution in [-0.2, 0) is 16.0 Å². The summed E-state index contributed by atoms with van der Waals surface area (Å²) in [6.45, 7) is 3.96. The number of rotatable bonds is 3. The number of aryl methyl sites for hydroxylation is 1. The first-order valence-electron chi connectivity index (χ1n) is 11.5. The maximum Gasteiger partial charge on any atom is 0.301 e. The van der Waals surface area contributed by atoms with Gasteiger partial charge in [-0.15, -0.1) is 0 Å². The summed E-state index contributed by atoms with van der Waals surface area (Å²) >= 11 is 7.63. The summed E-state index contributed by atoms with van der Waals surface area (Å²) in [5.41, 5.74) is 3.82. The molecular formula is C28H21ClN2O4S. The molecule has 36 heavy (non-hydrogen) atoms. The van der Waals surface area contributed by atoms with Gasteiger partial charge in [0, 0.05) is 17.0 Å². The molecule has 0 spiro atoms. The smallest absolute Gasteiger partial charge is 0.301 e. The number of aromatic nitrogens is 1. The number of thiazole rings is 1. The third-order valence-electron chi connectivity index (χ3n) is 6.52. The fourth-order valence-corrected chi connectivity index (χ4v) is 6.16. The lowest BCUT2D eigenvalue weighted by Crippen LogP contribution is -2.29. The number of nitrogens with zero attached hydrogens (tertiary/aromatic N) is 2. The Balaban J connectivity index is 1.54. The number of carbonyl (C=O) groups is 2. The third kappa shape index (κ3) is 3.67. The van der Waals surface area contributed by atoms with Gasteiger partial charge >= 0.3 is 5.91 Å². The number of aliphatic hydroxyl groups is 1. The summed E-state index contributed by atoms with van der Waals surface area (Å²) in [4.78, 5) is 32.9. The highest BCUT2D eigenvalue weighted by Gasteiger charge is 2.48. The molecule has 0 aliphatic carbocycles. The zero-order valence-electron chi connectivity index (χ0n) is 19.5. The standard InChI is InChI=1S/C28H21ClN2O4S/c1-14-6-8-20-22(10-14)36-28(30-20)31-24(16-4-3-5-19(29)13-16)23(26(33)27(31)34)25(32)17-7-9-21-18(12-17)11-15(2)35-21/h3-10,12-13,15,24,32H,11H2,1-2H3/t15-,24-/m1/s1. The van der Waals surface area contributed by atoms with E-state index < -0.39 is 17.7 Å². The summed E-state index contributed by atoms with van der Waals surface area (Å²) in [7, 11) is 0. The van der Waals surface area contributed by atoms with Gasteiger partial charge in [-0.3, -0.25) is 14.5 Å². The maximum absolute atomic E-state index is 13.4. The van der Waals surface area contributed by atoms with Crippen molar-refractivity contribution in [3.05, 3.63) is 93.5 Å². The van der Waals surface area contributed by atoms with Gasteiger partial charge in [-0.05, 0) is 73.0 Å². The Morgan fingerprint density at radius 1 is 1.14 bits per heavy atom. The van der Waals surface area contributed by atoms with Gasteiger partial charge in [-0.2, -0.15) is 0 Å². The van der Waals surface area contributed by atoms with Crippen LogP contribution in [0.1, 0.15) is 35.2 Å². The fraction of sp³-hybridized carbons (Fsp3) is 0.179. The van der Waals surface area contributed by atoms with E-state index in [0.29, 0.717) is 27.7 Å². The first kappa shape index (κ1) is 22.8. The molecule has 0 bridgehead atoms. The second-order valence-electron chi connectivity index (χ2n) is 9.15. The molecule has 1 N–H and O–H groups in total. The summed E-state index contributed by atoms with van der Waals surface area (Å²) in [6.07, 6.45) is 0.741. The Hall–Kier alpha value is -3.68. The van der Waals surface area contributed by atoms with E-state index in [1.165, 1.54) is 16.2 Å². The van der Waals surface area contributed by atoms with Crippen LogP contribution in [0.2, 0.25) is 5.02 Å². The molecule has 0 radical (unpaired) electrons. The molecule has 2 aliphatic rings. The molecule has 2 aliphatic heterocycles. The molecule has 4 aromatic rings. The van der Waals surface area contributed by atoms with Gasteiger partial charge in [-0.1, -0.05) is 41.1 Å². The zero-order valence-corrected chi connectivity index (χ0v) is 21.1. The van der Waals surface area contributed by atoms with Gasteiger partial charge in [0.2, 0.25) is 0 Å². The molecule has 2 atom stereocenters. The number of ether oxygens (including phenoxy) is 1. The second-order valence-corrected chi connectivity index (χ2v) is 10.6. The van der Waals surface area contributed by atoms with E-state index >= 15 is 0 Å². The minimum Gasteiger partial charge on any atom is -0.507 e. The molecule has 1 aromatic heterocycles. The lowest BCUT2D eigenvalue weighted by atomic mass is 9.94. The number of halogens is 1. The van der Waals surface area contributed by atoms with Crippen molar-refractivity contribution >= 4 is 55.7 Å². The van der Waals surface area contributed by atoms with Gasteiger partial charge in [-0.25, -0.2) is 4.98 Å². The number of anilines is 1. The van der Waals surface area contributed by atoms with Crippen LogP contribution in [0.3, 0.4) is 0 Å². The Morgan fingerprint density at radius 3 is 2.78 bits per heavy atom. The number of amides is 1.